The summed E-state index contributed by atoms with van der Waals surface area (Å²) in [7, 11) is 2.18. The van der Waals surface area contributed by atoms with Crippen molar-refractivity contribution in [3.63, 3.8) is 0 Å². The molecule has 1 aromatic rings. The SMILES string of the molecule is C[C@H](CO)N1C[C@H](C)[C@@H](CN(C)CC2CCCC2)OCc2cnnn2CCCC1=O. The Bertz CT molecular complexity index is 661. The lowest BCUT2D eigenvalue weighted by molar-refractivity contribution is -0.136. The van der Waals surface area contributed by atoms with Gasteiger partial charge in [-0.1, -0.05) is 25.0 Å². The molecule has 2 heterocycles. The van der Waals surface area contributed by atoms with E-state index >= 15 is 0 Å². The maximum absolute atomic E-state index is 12.9. The summed E-state index contributed by atoms with van der Waals surface area (Å²) in [6.45, 7) is 7.68. The van der Waals surface area contributed by atoms with Crippen molar-refractivity contribution in [3.05, 3.63) is 11.9 Å². The molecule has 0 aromatic carbocycles. The van der Waals surface area contributed by atoms with Crippen LogP contribution in [0.25, 0.3) is 0 Å². The number of ether oxygens (including phenoxy) is 1. The average molecular weight is 422 g/mol. The van der Waals surface area contributed by atoms with Crippen LogP contribution in [-0.2, 0) is 22.7 Å². The van der Waals surface area contributed by atoms with E-state index in [9.17, 15) is 9.90 Å². The molecule has 0 saturated heterocycles. The maximum Gasteiger partial charge on any atom is 0.222 e. The normalized spacial score (nSPS) is 25.8. The second-order valence-electron chi connectivity index (χ2n) is 9.33. The molecule has 1 aromatic heterocycles. The summed E-state index contributed by atoms with van der Waals surface area (Å²) >= 11 is 0. The molecule has 0 bridgehead atoms. The number of aryl methyl sites for hydroxylation is 1. The molecule has 1 fully saturated rings. The van der Waals surface area contributed by atoms with Crippen LogP contribution >= 0.6 is 0 Å². The van der Waals surface area contributed by atoms with E-state index in [0.29, 0.717) is 32.5 Å². The summed E-state index contributed by atoms with van der Waals surface area (Å²) in [5.74, 6) is 1.02. The first-order chi connectivity index (χ1) is 14.5. The predicted molar refractivity (Wildman–Crippen MR) is 115 cm³/mol. The first-order valence-electron chi connectivity index (χ1n) is 11.6. The number of carbonyl (C=O) groups is 1. The van der Waals surface area contributed by atoms with E-state index < -0.39 is 0 Å². The van der Waals surface area contributed by atoms with Crippen LogP contribution in [0.3, 0.4) is 0 Å². The highest BCUT2D eigenvalue weighted by molar-refractivity contribution is 5.76. The molecular formula is C22H39N5O3. The Morgan fingerprint density at radius 2 is 2.07 bits per heavy atom. The minimum atomic E-state index is -0.193. The summed E-state index contributed by atoms with van der Waals surface area (Å²) in [6, 6.07) is -0.193. The fraction of sp³-hybridized carbons (Fsp3) is 0.864. The van der Waals surface area contributed by atoms with Crippen LogP contribution in [0.1, 0.15) is 58.1 Å². The largest absolute Gasteiger partial charge is 0.394 e. The highest BCUT2D eigenvalue weighted by atomic mass is 16.5. The Morgan fingerprint density at radius 1 is 1.30 bits per heavy atom. The highest BCUT2D eigenvalue weighted by Gasteiger charge is 2.29. The van der Waals surface area contributed by atoms with Gasteiger partial charge in [0, 0.05) is 38.5 Å². The molecule has 1 amide bonds. The molecular weight excluding hydrogens is 382 g/mol. The topological polar surface area (TPSA) is 83.7 Å². The first kappa shape index (κ1) is 23.2. The summed E-state index contributed by atoms with van der Waals surface area (Å²) < 4.78 is 8.25. The van der Waals surface area contributed by atoms with Crippen molar-refractivity contribution in [2.24, 2.45) is 11.8 Å². The van der Waals surface area contributed by atoms with Gasteiger partial charge in [-0.15, -0.1) is 5.10 Å². The third kappa shape index (κ3) is 6.25. The number of likely N-dealkylation sites (N-methyl/N-ethyl adjacent to an activating group) is 1. The average Bonchev–Trinajstić information content (AvgIpc) is 3.39. The van der Waals surface area contributed by atoms with Crippen molar-refractivity contribution >= 4 is 5.91 Å². The van der Waals surface area contributed by atoms with Crippen molar-refractivity contribution in [1.82, 2.24) is 24.8 Å². The number of aliphatic hydroxyl groups is 1. The molecule has 170 valence electrons. The van der Waals surface area contributed by atoms with Crippen molar-refractivity contribution in [2.45, 2.75) is 77.7 Å². The van der Waals surface area contributed by atoms with Crippen molar-refractivity contribution in [3.8, 4) is 0 Å². The third-order valence-electron chi connectivity index (χ3n) is 6.68. The number of fused-ring (bicyclic) bond motifs is 1. The van der Waals surface area contributed by atoms with Gasteiger partial charge in [-0.3, -0.25) is 4.79 Å². The summed E-state index contributed by atoms with van der Waals surface area (Å²) in [4.78, 5) is 17.1. The predicted octanol–water partition coefficient (Wildman–Crippen LogP) is 1.92. The van der Waals surface area contributed by atoms with Crippen LogP contribution in [0.5, 0.6) is 0 Å². The molecule has 8 nitrogen and oxygen atoms in total. The van der Waals surface area contributed by atoms with Crippen LogP contribution in [0.4, 0.5) is 0 Å². The van der Waals surface area contributed by atoms with E-state index in [0.717, 1.165) is 24.7 Å². The second-order valence-corrected chi connectivity index (χ2v) is 9.33. The minimum absolute atomic E-state index is 0.0135. The molecule has 3 rings (SSSR count). The molecule has 0 spiro atoms. The summed E-state index contributed by atoms with van der Waals surface area (Å²) in [6.07, 6.45) is 8.25. The maximum atomic E-state index is 12.9. The number of hydrogen-bond donors (Lipinski definition) is 1. The molecule has 1 N–H and O–H groups in total. The molecule has 30 heavy (non-hydrogen) atoms. The van der Waals surface area contributed by atoms with Gasteiger partial charge in [0.15, 0.2) is 0 Å². The van der Waals surface area contributed by atoms with Crippen molar-refractivity contribution in [1.29, 1.82) is 0 Å². The number of nitrogens with zero attached hydrogens (tertiary/aromatic N) is 5. The van der Waals surface area contributed by atoms with Crippen molar-refractivity contribution in [2.75, 3.05) is 33.3 Å². The number of hydrogen-bond acceptors (Lipinski definition) is 6. The molecule has 1 aliphatic carbocycles. The Kier molecular flexibility index (Phi) is 8.65. The van der Waals surface area contributed by atoms with E-state index in [1.807, 2.05) is 16.5 Å². The van der Waals surface area contributed by atoms with Gasteiger partial charge in [0.05, 0.1) is 37.3 Å². The van der Waals surface area contributed by atoms with E-state index in [-0.39, 0.29) is 30.6 Å². The van der Waals surface area contributed by atoms with Gasteiger partial charge in [-0.05, 0) is 39.2 Å². The minimum Gasteiger partial charge on any atom is -0.394 e. The molecule has 0 unspecified atom stereocenters. The number of aromatic nitrogens is 3. The smallest absolute Gasteiger partial charge is 0.222 e. The zero-order valence-electron chi connectivity index (χ0n) is 18.9. The van der Waals surface area contributed by atoms with Gasteiger partial charge in [-0.25, -0.2) is 4.68 Å². The highest BCUT2D eigenvalue weighted by Crippen LogP contribution is 2.26. The van der Waals surface area contributed by atoms with Gasteiger partial charge in [-0.2, -0.15) is 0 Å². The molecule has 8 heteroatoms. The quantitative estimate of drug-likeness (QED) is 0.756. The van der Waals surface area contributed by atoms with E-state index in [2.05, 4.69) is 29.2 Å². The number of rotatable bonds is 6. The van der Waals surface area contributed by atoms with E-state index in [1.54, 1.807) is 6.20 Å². The first-order valence-corrected chi connectivity index (χ1v) is 11.6. The summed E-state index contributed by atoms with van der Waals surface area (Å²) in [5, 5.41) is 17.9. The molecule has 2 aliphatic rings. The Morgan fingerprint density at radius 3 is 2.80 bits per heavy atom. The molecule has 1 aliphatic heterocycles. The van der Waals surface area contributed by atoms with Gasteiger partial charge in [0.25, 0.3) is 0 Å². The monoisotopic (exact) mass is 421 g/mol. The van der Waals surface area contributed by atoms with E-state index in [4.69, 9.17) is 4.74 Å². The zero-order chi connectivity index (χ0) is 21.5. The van der Waals surface area contributed by atoms with E-state index in [1.165, 1.54) is 25.7 Å². The lowest BCUT2D eigenvalue weighted by atomic mass is 10.0. The number of carbonyl (C=O) groups excluding carboxylic acids is 1. The Hall–Kier alpha value is -1.51. The van der Waals surface area contributed by atoms with Gasteiger partial charge in [0.1, 0.15) is 0 Å². The van der Waals surface area contributed by atoms with Crippen LogP contribution in [0.15, 0.2) is 6.20 Å². The standard InChI is InChI=1S/C22H39N5O3/c1-17-12-26(18(2)15-28)22(29)9-6-10-27-20(11-23-24-27)16-30-21(17)14-25(3)13-19-7-4-5-8-19/h11,17-19,21,28H,4-10,12-16H2,1-3H3/t17-,18+,21+/m0/s1. The molecule has 1 saturated carbocycles. The fourth-order valence-electron chi connectivity index (χ4n) is 4.76. The fourth-order valence-corrected chi connectivity index (χ4v) is 4.76. The van der Waals surface area contributed by atoms with Crippen LogP contribution in [0, 0.1) is 11.8 Å². The second kappa shape index (κ2) is 11.2. The van der Waals surface area contributed by atoms with Crippen molar-refractivity contribution < 1.29 is 14.6 Å². The van der Waals surface area contributed by atoms with Crippen LogP contribution in [-0.4, -0.2) is 81.2 Å². The Labute approximate surface area is 180 Å². The lowest BCUT2D eigenvalue weighted by Gasteiger charge is -2.36. The third-order valence-corrected chi connectivity index (χ3v) is 6.68. The molecule has 3 atom stereocenters. The molecule has 0 radical (unpaired) electrons. The number of aliphatic hydroxyl groups excluding tert-OH is 1. The summed E-state index contributed by atoms with van der Waals surface area (Å²) in [5.41, 5.74) is 0.958. The van der Waals surface area contributed by atoms with Crippen LogP contribution < -0.4 is 0 Å². The zero-order valence-corrected chi connectivity index (χ0v) is 18.9. The van der Waals surface area contributed by atoms with Gasteiger partial charge in [0.2, 0.25) is 5.91 Å². The Balaban J connectivity index is 1.73. The lowest BCUT2D eigenvalue weighted by Crippen LogP contribution is -2.47. The van der Waals surface area contributed by atoms with Gasteiger partial charge < -0.3 is 19.6 Å². The number of amides is 1. The van der Waals surface area contributed by atoms with Gasteiger partial charge >= 0.3 is 0 Å². The van der Waals surface area contributed by atoms with Crippen LogP contribution in [0.2, 0.25) is 0 Å².